The molecule has 1 aromatic heterocycles. The fourth-order valence-corrected chi connectivity index (χ4v) is 4.47. The number of methoxy groups -OCH3 is 2. The molecule has 1 saturated heterocycles. The number of morpholine rings is 1. The van der Waals surface area contributed by atoms with Gasteiger partial charge in [-0.1, -0.05) is 12.1 Å². The van der Waals surface area contributed by atoms with Crippen LogP contribution in [-0.4, -0.2) is 64.5 Å². The van der Waals surface area contributed by atoms with Gasteiger partial charge in [0, 0.05) is 38.1 Å². The third-order valence-corrected chi connectivity index (χ3v) is 6.15. The number of ether oxygens (including phenoxy) is 3. The minimum atomic E-state index is 0.253. The normalized spacial score (nSPS) is 18.7. The molecule has 0 aliphatic carbocycles. The summed E-state index contributed by atoms with van der Waals surface area (Å²) in [5, 5.41) is 9.02. The van der Waals surface area contributed by atoms with Crippen LogP contribution < -0.4 is 20.1 Å². The number of rotatable bonds is 8. The van der Waals surface area contributed by atoms with Gasteiger partial charge in [-0.05, 0) is 36.1 Å². The van der Waals surface area contributed by atoms with Crippen LogP contribution in [0.5, 0.6) is 11.5 Å². The van der Waals surface area contributed by atoms with Gasteiger partial charge in [0.15, 0.2) is 17.5 Å². The van der Waals surface area contributed by atoms with Crippen molar-refractivity contribution in [1.29, 1.82) is 0 Å². The summed E-state index contributed by atoms with van der Waals surface area (Å²) in [6.07, 6.45) is 0.253. The van der Waals surface area contributed by atoms with Gasteiger partial charge >= 0.3 is 0 Å². The highest BCUT2D eigenvalue weighted by molar-refractivity contribution is 7.10. The van der Waals surface area contributed by atoms with Gasteiger partial charge in [-0.3, -0.25) is 9.89 Å². The Morgan fingerprint density at radius 1 is 1.27 bits per heavy atom. The molecule has 3 rings (SSSR count). The highest BCUT2D eigenvalue weighted by Gasteiger charge is 2.26. The molecule has 2 atom stereocenters. The standard InChI is InChI=1S/C22H32N4O3S/c1-16-15-26(9-10-29-16)18(21-6-5-11-30-21)14-25-22(23-2)24-13-17-7-8-19(27-3)20(12-17)28-4/h5-8,11-12,16,18H,9-10,13-15H2,1-4H3,(H2,23,24,25). The van der Waals surface area contributed by atoms with Crippen molar-refractivity contribution in [2.45, 2.75) is 25.6 Å². The molecular weight excluding hydrogens is 400 g/mol. The lowest BCUT2D eigenvalue weighted by Gasteiger charge is -2.37. The van der Waals surface area contributed by atoms with Crippen molar-refractivity contribution in [2.75, 3.05) is 47.5 Å². The van der Waals surface area contributed by atoms with E-state index in [1.54, 1.807) is 32.6 Å². The van der Waals surface area contributed by atoms with Crippen LogP contribution in [0.25, 0.3) is 0 Å². The molecule has 2 N–H and O–H groups in total. The number of hydrogen-bond acceptors (Lipinski definition) is 6. The SMILES string of the molecule is CN=C(NCc1ccc(OC)c(OC)c1)NCC(c1cccs1)N1CCOC(C)C1. The zero-order valence-corrected chi connectivity index (χ0v) is 19.0. The molecule has 164 valence electrons. The molecule has 1 aliphatic rings. The molecule has 7 nitrogen and oxygen atoms in total. The monoisotopic (exact) mass is 432 g/mol. The molecule has 2 heterocycles. The minimum absolute atomic E-state index is 0.253. The first-order valence-corrected chi connectivity index (χ1v) is 11.1. The second kappa shape index (κ2) is 11.2. The number of benzene rings is 1. The molecule has 0 bridgehead atoms. The molecule has 30 heavy (non-hydrogen) atoms. The maximum absolute atomic E-state index is 5.73. The quantitative estimate of drug-likeness (QED) is 0.494. The fraction of sp³-hybridized carbons (Fsp3) is 0.500. The largest absolute Gasteiger partial charge is 0.493 e. The van der Waals surface area contributed by atoms with Gasteiger partial charge in [-0.2, -0.15) is 0 Å². The van der Waals surface area contributed by atoms with Gasteiger partial charge in [0.05, 0.1) is 33.0 Å². The summed E-state index contributed by atoms with van der Waals surface area (Å²) in [4.78, 5) is 8.24. The van der Waals surface area contributed by atoms with Crippen LogP contribution in [0.2, 0.25) is 0 Å². The summed E-state index contributed by atoms with van der Waals surface area (Å²) in [6.45, 7) is 6.19. The lowest BCUT2D eigenvalue weighted by Crippen LogP contribution is -2.47. The van der Waals surface area contributed by atoms with E-state index in [0.29, 0.717) is 6.54 Å². The second-order valence-electron chi connectivity index (χ2n) is 7.20. The first-order valence-electron chi connectivity index (χ1n) is 10.2. The summed E-state index contributed by atoms with van der Waals surface area (Å²) < 4.78 is 16.4. The molecule has 2 aromatic rings. The number of nitrogens with zero attached hydrogens (tertiary/aromatic N) is 2. The van der Waals surface area contributed by atoms with Crippen LogP contribution in [0.4, 0.5) is 0 Å². The van der Waals surface area contributed by atoms with Crippen LogP contribution in [0.1, 0.15) is 23.4 Å². The smallest absolute Gasteiger partial charge is 0.191 e. The topological polar surface area (TPSA) is 67.4 Å². The fourth-order valence-electron chi connectivity index (χ4n) is 3.61. The van der Waals surface area contributed by atoms with Crippen molar-refractivity contribution in [2.24, 2.45) is 4.99 Å². The van der Waals surface area contributed by atoms with Gasteiger partial charge in [0.25, 0.3) is 0 Å². The van der Waals surface area contributed by atoms with E-state index in [1.165, 1.54) is 4.88 Å². The highest BCUT2D eigenvalue weighted by atomic mass is 32.1. The van der Waals surface area contributed by atoms with E-state index in [1.807, 2.05) is 18.2 Å². The van der Waals surface area contributed by atoms with E-state index < -0.39 is 0 Å². The van der Waals surface area contributed by atoms with Gasteiger partial charge in [-0.15, -0.1) is 11.3 Å². The lowest BCUT2D eigenvalue weighted by molar-refractivity contribution is -0.0334. The van der Waals surface area contributed by atoms with E-state index in [9.17, 15) is 0 Å². The predicted octanol–water partition coefficient (Wildman–Crippen LogP) is 2.89. The van der Waals surface area contributed by atoms with Crippen molar-refractivity contribution < 1.29 is 14.2 Å². The zero-order chi connectivity index (χ0) is 21.3. The number of guanidine groups is 1. The van der Waals surface area contributed by atoms with Crippen LogP contribution >= 0.6 is 11.3 Å². The average Bonchev–Trinajstić information content (AvgIpc) is 3.30. The van der Waals surface area contributed by atoms with Crippen LogP contribution in [-0.2, 0) is 11.3 Å². The van der Waals surface area contributed by atoms with Crippen molar-refractivity contribution in [3.63, 3.8) is 0 Å². The van der Waals surface area contributed by atoms with Crippen LogP contribution in [0, 0.1) is 0 Å². The Morgan fingerprint density at radius 3 is 2.77 bits per heavy atom. The summed E-state index contributed by atoms with van der Waals surface area (Å²) in [5.74, 6) is 2.22. The molecule has 1 fully saturated rings. The minimum Gasteiger partial charge on any atom is -0.493 e. The van der Waals surface area contributed by atoms with Gasteiger partial charge in [0.2, 0.25) is 0 Å². The Morgan fingerprint density at radius 2 is 2.10 bits per heavy atom. The zero-order valence-electron chi connectivity index (χ0n) is 18.2. The van der Waals surface area contributed by atoms with E-state index in [0.717, 1.165) is 49.3 Å². The summed E-state index contributed by atoms with van der Waals surface area (Å²) in [5.41, 5.74) is 1.09. The number of hydrogen-bond donors (Lipinski definition) is 2. The van der Waals surface area contributed by atoms with E-state index >= 15 is 0 Å². The molecule has 0 saturated carbocycles. The molecule has 2 unspecified atom stereocenters. The van der Waals surface area contributed by atoms with E-state index in [2.05, 4.69) is 45.0 Å². The average molecular weight is 433 g/mol. The Bertz CT molecular complexity index is 813. The summed E-state index contributed by atoms with van der Waals surface area (Å²) in [6, 6.07) is 10.5. The Hall–Kier alpha value is -2.29. The Labute approximate surface area is 183 Å². The molecule has 8 heteroatoms. The van der Waals surface area contributed by atoms with Crippen molar-refractivity contribution in [3.8, 4) is 11.5 Å². The maximum Gasteiger partial charge on any atom is 0.191 e. The number of nitrogens with one attached hydrogen (secondary N) is 2. The van der Waals surface area contributed by atoms with Crippen molar-refractivity contribution in [1.82, 2.24) is 15.5 Å². The molecule has 1 aliphatic heterocycles. The van der Waals surface area contributed by atoms with E-state index in [4.69, 9.17) is 14.2 Å². The van der Waals surface area contributed by atoms with Crippen LogP contribution in [0.15, 0.2) is 40.7 Å². The summed E-state index contributed by atoms with van der Waals surface area (Å²) >= 11 is 1.79. The summed E-state index contributed by atoms with van der Waals surface area (Å²) in [7, 11) is 5.08. The number of thiophene rings is 1. The van der Waals surface area contributed by atoms with Crippen LogP contribution in [0.3, 0.4) is 0 Å². The third kappa shape index (κ3) is 5.87. The first-order chi connectivity index (χ1) is 14.6. The number of aliphatic imine (C=N–C) groups is 1. The maximum atomic E-state index is 5.73. The second-order valence-corrected chi connectivity index (χ2v) is 8.18. The predicted molar refractivity (Wildman–Crippen MR) is 122 cm³/mol. The molecule has 0 radical (unpaired) electrons. The molecular formula is C22H32N4O3S. The highest BCUT2D eigenvalue weighted by Crippen LogP contribution is 2.28. The molecule has 0 spiro atoms. The Balaban J connectivity index is 1.60. The van der Waals surface area contributed by atoms with Gasteiger partial charge in [0.1, 0.15) is 0 Å². The first kappa shape index (κ1) is 22.4. The van der Waals surface area contributed by atoms with Crippen molar-refractivity contribution >= 4 is 17.3 Å². The van der Waals surface area contributed by atoms with Gasteiger partial charge in [-0.25, -0.2) is 0 Å². The van der Waals surface area contributed by atoms with Crippen molar-refractivity contribution in [3.05, 3.63) is 46.2 Å². The third-order valence-electron chi connectivity index (χ3n) is 5.18. The molecule has 1 aromatic carbocycles. The lowest BCUT2D eigenvalue weighted by atomic mass is 10.1. The van der Waals surface area contributed by atoms with E-state index in [-0.39, 0.29) is 12.1 Å². The Kier molecular flexibility index (Phi) is 8.36. The molecule has 0 amide bonds. The van der Waals surface area contributed by atoms with Gasteiger partial charge < -0.3 is 24.8 Å².